The van der Waals surface area contributed by atoms with E-state index in [0.29, 0.717) is 12.5 Å². The van der Waals surface area contributed by atoms with E-state index in [1.54, 1.807) is 0 Å². The molecule has 2 fully saturated rings. The second-order valence-electron chi connectivity index (χ2n) is 6.63. The molecule has 1 aliphatic carbocycles. The molecule has 1 aliphatic heterocycles. The minimum atomic E-state index is 0.105. The number of nitrogens with two attached hydrogens (primary N) is 1. The molecule has 0 aromatic heterocycles. The number of para-hydroxylation sites is 1. The van der Waals surface area contributed by atoms with E-state index < -0.39 is 0 Å². The maximum Gasteiger partial charge on any atom is 0.119 e. The minimum Gasteiger partial charge on any atom is -0.492 e. The first kappa shape index (κ1) is 14.9. The highest BCUT2D eigenvalue weighted by atomic mass is 16.5. The monoisotopic (exact) mass is 289 g/mol. The van der Waals surface area contributed by atoms with Gasteiger partial charge in [-0.05, 0) is 43.7 Å². The van der Waals surface area contributed by atoms with Crippen LogP contribution in [-0.4, -0.2) is 24.9 Å². The van der Waals surface area contributed by atoms with Crippen LogP contribution in [0.3, 0.4) is 0 Å². The summed E-state index contributed by atoms with van der Waals surface area (Å²) in [5, 5.41) is 0. The number of ether oxygens (including phenoxy) is 2. The summed E-state index contributed by atoms with van der Waals surface area (Å²) >= 11 is 0. The summed E-state index contributed by atoms with van der Waals surface area (Å²) in [6.07, 6.45) is 8.60. The van der Waals surface area contributed by atoms with E-state index in [4.69, 9.17) is 15.2 Å². The molecule has 2 aliphatic rings. The van der Waals surface area contributed by atoms with Crippen LogP contribution in [0.4, 0.5) is 0 Å². The van der Waals surface area contributed by atoms with Crippen LogP contribution in [0.2, 0.25) is 0 Å². The number of hydrogen-bond donors (Lipinski definition) is 1. The van der Waals surface area contributed by atoms with E-state index in [2.05, 4.69) is 0 Å². The Balaban J connectivity index is 1.53. The van der Waals surface area contributed by atoms with Crippen molar-refractivity contribution >= 4 is 0 Å². The van der Waals surface area contributed by atoms with Gasteiger partial charge in [-0.2, -0.15) is 0 Å². The Morgan fingerprint density at radius 2 is 1.95 bits per heavy atom. The molecule has 1 aromatic carbocycles. The maximum atomic E-state index is 6.41. The molecule has 3 heteroatoms. The van der Waals surface area contributed by atoms with Crippen molar-refractivity contribution in [3.8, 4) is 5.75 Å². The third-order valence-corrected chi connectivity index (χ3v) is 5.09. The van der Waals surface area contributed by atoms with Gasteiger partial charge >= 0.3 is 0 Å². The Labute approximate surface area is 127 Å². The summed E-state index contributed by atoms with van der Waals surface area (Å²) in [5.41, 5.74) is 6.54. The van der Waals surface area contributed by atoms with Crippen molar-refractivity contribution < 1.29 is 9.47 Å². The van der Waals surface area contributed by atoms with Gasteiger partial charge in [-0.15, -0.1) is 0 Å². The molecule has 1 saturated carbocycles. The van der Waals surface area contributed by atoms with Gasteiger partial charge in [0.2, 0.25) is 0 Å². The van der Waals surface area contributed by atoms with Crippen molar-refractivity contribution in [1.29, 1.82) is 0 Å². The van der Waals surface area contributed by atoms with Gasteiger partial charge in [0.1, 0.15) is 12.4 Å². The Kier molecular flexibility index (Phi) is 4.81. The lowest BCUT2D eigenvalue weighted by atomic mass is 9.74. The smallest absolute Gasteiger partial charge is 0.119 e. The standard InChI is InChI=1S/C18H27NO2/c19-17(14-20-16-7-3-1-4-8-16)15-9-12-21-18(13-15)10-5-2-6-11-18/h1,3-4,7-8,15,17H,2,5-6,9-14,19H2. The summed E-state index contributed by atoms with van der Waals surface area (Å²) in [6, 6.07) is 10.1. The topological polar surface area (TPSA) is 44.5 Å². The van der Waals surface area contributed by atoms with Gasteiger partial charge in [-0.25, -0.2) is 0 Å². The van der Waals surface area contributed by atoms with E-state index in [1.807, 2.05) is 30.3 Å². The second kappa shape index (κ2) is 6.80. The van der Waals surface area contributed by atoms with E-state index in [1.165, 1.54) is 32.1 Å². The first-order chi connectivity index (χ1) is 10.3. The van der Waals surface area contributed by atoms with Crippen LogP contribution in [0.5, 0.6) is 5.75 Å². The van der Waals surface area contributed by atoms with Crippen LogP contribution in [0.15, 0.2) is 30.3 Å². The molecule has 1 aromatic rings. The summed E-state index contributed by atoms with van der Waals surface area (Å²) in [5.74, 6) is 1.44. The molecule has 0 radical (unpaired) electrons. The molecule has 21 heavy (non-hydrogen) atoms. The van der Waals surface area contributed by atoms with E-state index in [-0.39, 0.29) is 11.6 Å². The lowest BCUT2D eigenvalue weighted by molar-refractivity contribution is -0.121. The second-order valence-corrected chi connectivity index (χ2v) is 6.63. The lowest BCUT2D eigenvalue weighted by Crippen LogP contribution is -2.48. The molecule has 0 amide bonds. The van der Waals surface area contributed by atoms with Crippen LogP contribution < -0.4 is 10.5 Å². The first-order valence-electron chi connectivity index (χ1n) is 8.35. The van der Waals surface area contributed by atoms with Crippen molar-refractivity contribution in [2.45, 2.75) is 56.6 Å². The van der Waals surface area contributed by atoms with Crippen molar-refractivity contribution in [3.05, 3.63) is 30.3 Å². The molecule has 1 heterocycles. The highest BCUT2D eigenvalue weighted by Crippen LogP contribution is 2.41. The third kappa shape index (κ3) is 3.78. The van der Waals surface area contributed by atoms with Crippen LogP contribution >= 0.6 is 0 Å². The first-order valence-corrected chi connectivity index (χ1v) is 8.35. The normalized spacial score (nSPS) is 26.4. The van der Waals surface area contributed by atoms with E-state index >= 15 is 0 Å². The molecule has 3 rings (SSSR count). The molecule has 0 bridgehead atoms. The third-order valence-electron chi connectivity index (χ3n) is 5.09. The Hall–Kier alpha value is -1.06. The zero-order valence-corrected chi connectivity index (χ0v) is 12.8. The van der Waals surface area contributed by atoms with Gasteiger partial charge in [0, 0.05) is 12.6 Å². The summed E-state index contributed by atoms with van der Waals surface area (Å²) < 4.78 is 12.0. The van der Waals surface area contributed by atoms with Gasteiger partial charge in [0.15, 0.2) is 0 Å². The summed E-state index contributed by atoms with van der Waals surface area (Å²) in [6.45, 7) is 1.47. The van der Waals surface area contributed by atoms with Crippen molar-refractivity contribution in [3.63, 3.8) is 0 Å². The predicted octanol–water partition coefficient (Wildman–Crippen LogP) is 3.52. The highest BCUT2D eigenvalue weighted by Gasteiger charge is 2.40. The van der Waals surface area contributed by atoms with Gasteiger partial charge in [0.25, 0.3) is 0 Å². The highest BCUT2D eigenvalue weighted by molar-refractivity contribution is 5.20. The molecule has 3 nitrogen and oxygen atoms in total. The fourth-order valence-corrected chi connectivity index (χ4v) is 3.82. The largest absolute Gasteiger partial charge is 0.492 e. The Morgan fingerprint density at radius 3 is 2.71 bits per heavy atom. The predicted molar refractivity (Wildman–Crippen MR) is 84.4 cm³/mol. The van der Waals surface area contributed by atoms with E-state index in [0.717, 1.165) is 25.2 Å². The molecular weight excluding hydrogens is 262 g/mol. The zero-order valence-electron chi connectivity index (χ0n) is 12.8. The number of hydrogen-bond acceptors (Lipinski definition) is 3. The molecule has 2 atom stereocenters. The van der Waals surface area contributed by atoms with Crippen LogP contribution in [0.1, 0.15) is 44.9 Å². The van der Waals surface area contributed by atoms with E-state index in [9.17, 15) is 0 Å². The molecule has 116 valence electrons. The molecule has 2 N–H and O–H groups in total. The van der Waals surface area contributed by atoms with Crippen LogP contribution in [0.25, 0.3) is 0 Å². The van der Waals surface area contributed by atoms with Gasteiger partial charge in [-0.3, -0.25) is 0 Å². The average molecular weight is 289 g/mol. The van der Waals surface area contributed by atoms with Gasteiger partial charge in [0.05, 0.1) is 5.60 Å². The Morgan fingerprint density at radius 1 is 1.19 bits per heavy atom. The SMILES string of the molecule is NC(COc1ccccc1)C1CCOC2(CCCCC2)C1. The molecule has 1 spiro atoms. The van der Waals surface area contributed by atoms with Crippen molar-refractivity contribution in [1.82, 2.24) is 0 Å². The summed E-state index contributed by atoms with van der Waals surface area (Å²) in [7, 11) is 0. The van der Waals surface area contributed by atoms with Crippen LogP contribution in [-0.2, 0) is 4.74 Å². The van der Waals surface area contributed by atoms with Crippen LogP contribution in [0, 0.1) is 5.92 Å². The maximum absolute atomic E-state index is 6.41. The van der Waals surface area contributed by atoms with Gasteiger partial charge in [-0.1, -0.05) is 37.5 Å². The van der Waals surface area contributed by atoms with Crippen molar-refractivity contribution in [2.24, 2.45) is 11.7 Å². The summed E-state index contributed by atoms with van der Waals surface area (Å²) in [4.78, 5) is 0. The number of rotatable bonds is 4. The van der Waals surface area contributed by atoms with Gasteiger partial charge < -0.3 is 15.2 Å². The fourth-order valence-electron chi connectivity index (χ4n) is 3.82. The molecule has 2 unspecified atom stereocenters. The molecular formula is C18H27NO2. The number of benzene rings is 1. The minimum absolute atomic E-state index is 0.105. The zero-order chi connectivity index (χ0) is 14.5. The fraction of sp³-hybridized carbons (Fsp3) is 0.667. The Bertz CT molecular complexity index is 423. The lowest BCUT2D eigenvalue weighted by Gasteiger charge is -2.44. The quantitative estimate of drug-likeness (QED) is 0.922. The molecule has 1 saturated heterocycles. The average Bonchev–Trinajstić information content (AvgIpc) is 2.54. The van der Waals surface area contributed by atoms with Crippen molar-refractivity contribution in [2.75, 3.05) is 13.2 Å².